The summed E-state index contributed by atoms with van der Waals surface area (Å²) in [7, 11) is 0. The number of aromatic nitrogens is 2. The number of amides is 1. The Morgan fingerprint density at radius 3 is 2.44 bits per heavy atom. The van der Waals surface area contributed by atoms with Crippen molar-refractivity contribution in [2.24, 2.45) is 0 Å². The van der Waals surface area contributed by atoms with Crippen molar-refractivity contribution in [1.82, 2.24) is 10.2 Å². The van der Waals surface area contributed by atoms with Crippen LogP contribution in [0, 0.1) is 0 Å². The van der Waals surface area contributed by atoms with Gasteiger partial charge in [-0.3, -0.25) is 10.1 Å². The molecule has 100 valence electrons. The maximum atomic E-state index is 12.3. The average Bonchev–Trinajstić information content (AvgIpc) is 2.86. The number of carbonyl (C=O) groups is 1. The quantitative estimate of drug-likeness (QED) is 0.866. The Morgan fingerprint density at radius 1 is 1.33 bits per heavy atom. The maximum absolute atomic E-state index is 12.3. The van der Waals surface area contributed by atoms with Crippen molar-refractivity contribution in [3.63, 3.8) is 0 Å². The highest BCUT2D eigenvalue weighted by molar-refractivity contribution is 7.15. The van der Waals surface area contributed by atoms with Crippen LogP contribution in [0.1, 0.15) is 30.7 Å². The molecule has 9 heteroatoms. The fraction of sp³-hybridized carbons (Fsp3) is 0.667. The monoisotopic (exact) mass is 281 g/mol. The number of hydrogen-bond acceptors (Lipinski definition) is 5. The molecule has 1 aromatic heterocycles. The number of aliphatic hydroxyl groups is 1. The van der Waals surface area contributed by atoms with E-state index in [1.54, 1.807) is 0 Å². The van der Waals surface area contributed by atoms with Crippen LogP contribution in [0.15, 0.2) is 0 Å². The van der Waals surface area contributed by atoms with Crippen LogP contribution in [-0.4, -0.2) is 26.8 Å². The van der Waals surface area contributed by atoms with Crippen molar-refractivity contribution in [2.75, 3.05) is 5.32 Å². The van der Waals surface area contributed by atoms with Gasteiger partial charge in [0.25, 0.3) is 5.91 Å². The van der Waals surface area contributed by atoms with Gasteiger partial charge in [0.2, 0.25) is 10.1 Å². The summed E-state index contributed by atoms with van der Waals surface area (Å²) in [5.74, 6) is -0.718. The van der Waals surface area contributed by atoms with Gasteiger partial charge in [-0.15, -0.1) is 10.2 Å². The Balaban J connectivity index is 2.06. The van der Waals surface area contributed by atoms with E-state index in [-0.39, 0.29) is 16.5 Å². The molecule has 2 rings (SSSR count). The Bertz CT molecular complexity index is 454. The third kappa shape index (κ3) is 2.61. The molecule has 0 aromatic carbocycles. The van der Waals surface area contributed by atoms with Crippen molar-refractivity contribution >= 4 is 22.4 Å². The molecular formula is C9H10F3N3O2S. The van der Waals surface area contributed by atoms with Gasteiger partial charge in [-0.1, -0.05) is 11.3 Å². The Kier molecular flexibility index (Phi) is 3.28. The number of carbonyl (C=O) groups excluding carboxylic acids is 1. The summed E-state index contributed by atoms with van der Waals surface area (Å²) in [5, 5.41) is 16.9. The molecule has 18 heavy (non-hydrogen) atoms. The number of alkyl halides is 3. The third-order valence-electron chi connectivity index (χ3n) is 2.74. The van der Waals surface area contributed by atoms with E-state index < -0.39 is 22.7 Å². The van der Waals surface area contributed by atoms with Crippen molar-refractivity contribution < 1.29 is 23.1 Å². The van der Waals surface area contributed by atoms with E-state index in [0.717, 1.165) is 0 Å². The summed E-state index contributed by atoms with van der Waals surface area (Å²) >= 11 is 0.235. The first-order chi connectivity index (χ1) is 8.31. The van der Waals surface area contributed by atoms with Crippen molar-refractivity contribution in [3.8, 4) is 0 Å². The fourth-order valence-electron chi connectivity index (χ4n) is 1.79. The largest absolute Gasteiger partial charge is 0.445 e. The van der Waals surface area contributed by atoms with Crippen LogP contribution in [0.25, 0.3) is 0 Å². The number of anilines is 1. The van der Waals surface area contributed by atoms with Gasteiger partial charge in [0.1, 0.15) is 5.60 Å². The predicted molar refractivity (Wildman–Crippen MR) is 57.0 cm³/mol. The summed E-state index contributed by atoms with van der Waals surface area (Å²) in [6.45, 7) is 0. The van der Waals surface area contributed by atoms with Crippen LogP contribution in [-0.2, 0) is 11.0 Å². The van der Waals surface area contributed by atoms with E-state index in [1.165, 1.54) is 0 Å². The molecule has 1 aliphatic carbocycles. The second-order valence-electron chi connectivity index (χ2n) is 4.10. The van der Waals surface area contributed by atoms with Crippen LogP contribution >= 0.6 is 11.3 Å². The number of nitrogens with zero attached hydrogens (tertiary/aromatic N) is 2. The zero-order valence-corrected chi connectivity index (χ0v) is 9.94. The van der Waals surface area contributed by atoms with Gasteiger partial charge >= 0.3 is 6.18 Å². The first kappa shape index (κ1) is 13.2. The molecule has 1 saturated carbocycles. The highest BCUT2D eigenvalue weighted by Crippen LogP contribution is 2.34. The predicted octanol–water partition coefficient (Wildman–Crippen LogP) is 1.80. The zero-order valence-electron chi connectivity index (χ0n) is 9.12. The summed E-state index contributed by atoms with van der Waals surface area (Å²) in [6.07, 6.45) is -2.53. The smallest absolute Gasteiger partial charge is 0.380 e. The van der Waals surface area contributed by atoms with Crippen LogP contribution in [0.4, 0.5) is 18.3 Å². The molecule has 1 aliphatic rings. The lowest BCUT2D eigenvalue weighted by molar-refractivity contribution is -0.138. The van der Waals surface area contributed by atoms with E-state index in [4.69, 9.17) is 0 Å². The van der Waals surface area contributed by atoms with E-state index in [0.29, 0.717) is 25.7 Å². The van der Waals surface area contributed by atoms with Crippen LogP contribution < -0.4 is 5.32 Å². The Morgan fingerprint density at radius 2 is 1.94 bits per heavy atom. The minimum atomic E-state index is -4.58. The van der Waals surface area contributed by atoms with E-state index in [1.807, 2.05) is 0 Å². The molecule has 1 amide bonds. The van der Waals surface area contributed by atoms with Crippen LogP contribution in [0.2, 0.25) is 0 Å². The van der Waals surface area contributed by atoms with Gasteiger partial charge in [-0.05, 0) is 25.7 Å². The molecule has 2 N–H and O–H groups in total. The fourth-order valence-corrected chi connectivity index (χ4v) is 2.39. The minimum absolute atomic E-state index is 0.235. The summed E-state index contributed by atoms with van der Waals surface area (Å²) in [5.41, 5.74) is -1.50. The Labute approximate surface area is 104 Å². The van der Waals surface area contributed by atoms with Gasteiger partial charge in [0.15, 0.2) is 0 Å². The van der Waals surface area contributed by atoms with E-state index >= 15 is 0 Å². The van der Waals surface area contributed by atoms with Gasteiger partial charge in [-0.2, -0.15) is 13.2 Å². The van der Waals surface area contributed by atoms with E-state index in [9.17, 15) is 23.1 Å². The SMILES string of the molecule is O=C(Nc1nnc(C(F)(F)F)s1)C1(O)CCCC1. The normalized spacial score (nSPS) is 18.9. The summed E-state index contributed by atoms with van der Waals surface area (Å²) in [4.78, 5) is 11.7. The molecule has 0 atom stereocenters. The summed E-state index contributed by atoms with van der Waals surface area (Å²) < 4.78 is 36.8. The lowest BCUT2D eigenvalue weighted by Gasteiger charge is -2.19. The molecule has 0 unspecified atom stereocenters. The molecule has 1 fully saturated rings. The third-order valence-corrected chi connectivity index (χ3v) is 3.62. The van der Waals surface area contributed by atoms with Crippen LogP contribution in [0.3, 0.4) is 0 Å². The van der Waals surface area contributed by atoms with Gasteiger partial charge in [0, 0.05) is 0 Å². The van der Waals surface area contributed by atoms with Crippen molar-refractivity contribution in [3.05, 3.63) is 5.01 Å². The van der Waals surface area contributed by atoms with Crippen molar-refractivity contribution in [2.45, 2.75) is 37.5 Å². The average molecular weight is 281 g/mol. The van der Waals surface area contributed by atoms with Gasteiger partial charge in [-0.25, -0.2) is 0 Å². The number of nitrogens with one attached hydrogen (secondary N) is 1. The first-order valence-corrected chi connectivity index (χ1v) is 6.07. The molecule has 5 nitrogen and oxygen atoms in total. The molecule has 0 bridgehead atoms. The lowest BCUT2D eigenvalue weighted by Crippen LogP contribution is -2.40. The molecule has 0 radical (unpaired) electrons. The van der Waals surface area contributed by atoms with Crippen LogP contribution in [0.5, 0.6) is 0 Å². The highest BCUT2D eigenvalue weighted by Gasteiger charge is 2.40. The first-order valence-electron chi connectivity index (χ1n) is 5.26. The van der Waals surface area contributed by atoms with Crippen molar-refractivity contribution in [1.29, 1.82) is 0 Å². The lowest BCUT2D eigenvalue weighted by atomic mass is 10.0. The molecule has 0 aliphatic heterocycles. The Hall–Kier alpha value is -1.22. The standard InChI is InChI=1S/C9H10F3N3O2S/c10-9(11,12)6-14-15-7(18-6)13-5(16)8(17)3-1-2-4-8/h17H,1-4H2,(H,13,15,16). The molecule has 1 aromatic rings. The van der Waals surface area contributed by atoms with E-state index in [2.05, 4.69) is 15.5 Å². The maximum Gasteiger partial charge on any atom is 0.445 e. The topological polar surface area (TPSA) is 75.1 Å². The number of hydrogen-bond donors (Lipinski definition) is 2. The van der Waals surface area contributed by atoms with Gasteiger partial charge < -0.3 is 5.11 Å². The minimum Gasteiger partial charge on any atom is -0.380 e. The zero-order chi connectivity index (χ0) is 13.4. The highest BCUT2D eigenvalue weighted by atomic mass is 32.1. The number of rotatable bonds is 2. The summed E-state index contributed by atoms with van der Waals surface area (Å²) in [6, 6.07) is 0. The molecule has 0 saturated heterocycles. The van der Waals surface area contributed by atoms with Gasteiger partial charge in [0.05, 0.1) is 0 Å². The second-order valence-corrected chi connectivity index (χ2v) is 5.08. The molecule has 0 spiro atoms. The number of halogens is 3. The molecule has 1 heterocycles. The second kappa shape index (κ2) is 4.47. The molecular weight excluding hydrogens is 271 g/mol.